The lowest BCUT2D eigenvalue weighted by molar-refractivity contribution is -0.125. The molecule has 20 heavy (non-hydrogen) atoms. The van der Waals surface area contributed by atoms with E-state index in [2.05, 4.69) is 20.9 Å². The van der Waals surface area contributed by atoms with Crippen LogP contribution >= 0.6 is 0 Å². The highest BCUT2D eigenvalue weighted by molar-refractivity contribution is 5.78. The maximum absolute atomic E-state index is 11.9. The van der Waals surface area contributed by atoms with Crippen LogP contribution in [0.5, 0.6) is 0 Å². The van der Waals surface area contributed by atoms with Crippen molar-refractivity contribution in [3.63, 3.8) is 0 Å². The Kier molecular flexibility index (Phi) is 5.80. The molecule has 1 atom stereocenters. The summed E-state index contributed by atoms with van der Waals surface area (Å²) in [6.07, 6.45) is 4.85. The topological polar surface area (TPSA) is 66.0 Å². The van der Waals surface area contributed by atoms with Gasteiger partial charge in [-0.05, 0) is 44.4 Å². The summed E-state index contributed by atoms with van der Waals surface area (Å²) in [5, 5.41) is 9.52. The molecule has 0 spiro atoms. The van der Waals surface area contributed by atoms with Crippen LogP contribution in [-0.4, -0.2) is 37.1 Å². The number of pyridine rings is 1. The Balaban J connectivity index is 1.57. The predicted octanol–water partition coefficient (Wildman–Crippen LogP) is 1.31. The molecule has 1 aromatic rings. The summed E-state index contributed by atoms with van der Waals surface area (Å²) in [5.41, 5.74) is 1.16. The highest BCUT2D eigenvalue weighted by Crippen LogP contribution is 2.09. The lowest BCUT2D eigenvalue weighted by atomic mass is 9.99. The van der Waals surface area contributed by atoms with Crippen LogP contribution in [0.1, 0.15) is 24.8 Å². The molecule has 5 nitrogen and oxygen atoms in total. The largest absolute Gasteiger partial charge is 0.370 e. The Labute approximate surface area is 120 Å². The number of piperidine rings is 1. The number of aromatic nitrogens is 1. The zero-order chi connectivity index (χ0) is 14.2. The van der Waals surface area contributed by atoms with Crippen LogP contribution in [0.3, 0.4) is 0 Å². The van der Waals surface area contributed by atoms with E-state index in [9.17, 15) is 4.79 Å². The number of aryl methyl sites for hydroxylation is 1. The normalized spacial score (nSPS) is 18.6. The van der Waals surface area contributed by atoms with E-state index in [0.29, 0.717) is 6.54 Å². The minimum absolute atomic E-state index is 0.149. The number of nitrogens with zero attached hydrogens (tertiary/aromatic N) is 1. The van der Waals surface area contributed by atoms with Crippen LogP contribution in [0.15, 0.2) is 18.3 Å². The Hall–Kier alpha value is -1.62. The van der Waals surface area contributed by atoms with Crippen LogP contribution in [0.25, 0.3) is 0 Å². The predicted molar refractivity (Wildman–Crippen MR) is 80.7 cm³/mol. The van der Waals surface area contributed by atoms with E-state index in [1.807, 2.05) is 25.3 Å². The molecule has 0 radical (unpaired) electrons. The van der Waals surface area contributed by atoms with Gasteiger partial charge in [0.05, 0.1) is 5.92 Å². The van der Waals surface area contributed by atoms with Gasteiger partial charge in [0, 0.05) is 25.8 Å². The van der Waals surface area contributed by atoms with Crippen molar-refractivity contribution in [2.75, 3.05) is 31.5 Å². The molecule has 1 fully saturated rings. The van der Waals surface area contributed by atoms with Gasteiger partial charge >= 0.3 is 0 Å². The number of carbonyl (C=O) groups is 1. The van der Waals surface area contributed by atoms with E-state index in [1.165, 1.54) is 0 Å². The van der Waals surface area contributed by atoms with E-state index >= 15 is 0 Å². The fourth-order valence-corrected chi connectivity index (χ4v) is 2.31. The second-order valence-corrected chi connectivity index (χ2v) is 5.34. The molecule has 0 bridgehead atoms. The van der Waals surface area contributed by atoms with Crippen molar-refractivity contribution in [3.8, 4) is 0 Å². The zero-order valence-corrected chi connectivity index (χ0v) is 12.1. The van der Waals surface area contributed by atoms with Crippen molar-refractivity contribution in [3.05, 3.63) is 23.9 Å². The van der Waals surface area contributed by atoms with Crippen LogP contribution in [-0.2, 0) is 4.79 Å². The zero-order valence-electron chi connectivity index (χ0n) is 12.1. The molecule has 1 aliphatic rings. The number of hydrogen-bond donors (Lipinski definition) is 3. The molecule has 1 amide bonds. The molecule has 0 saturated carbocycles. The van der Waals surface area contributed by atoms with Gasteiger partial charge in [-0.1, -0.05) is 6.07 Å². The van der Waals surface area contributed by atoms with Gasteiger partial charge in [0.25, 0.3) is 0 Å². The van der Waals surface area contributed by atoms with Gasteiger partial charge < -0.3 is 16.0 Å². The van der Waals surface area contributed by atoms with Crippen LogP contribution in [0.4, 0.5) is 5.82 Å². The summed E-state index contributed by atoms with van der Waals surface area (Å²) in [7, 11) is 0. The van der Waals surface area contributed by atoms with Gasteiger partial charge in [-0.25, -0.2) is 4.98 Å². The molecule has 5 heteroatoms. The monoisotopic (exact) mass is 276 g/mol. The van der Waals surface area contributed by atoms with Crippen molar-refractivity contribution >= 4 is 11.7 Å². The molecule has 110 valence electrons. The molecular weight excluding hydrogens is 252 g/mol. The van der Waals surface area contributed by atoms with E-state index in [4.69, 9.17) is 0 Å². The molecule has 0 aliphatic carbocycles. The molecule has 1 saturated heterocycles. The average Bonchev–Trinajstić information content (AvgIpc) is 2.49. The summed E-state index contributed by atoms with van der Waals surface area (Å²) in [5.74, 6) is 1.22. The summed E-state index contributed by atoms with van der Waals surface area (Å²) in [4.78, 5) is 16.2. The van der Waals surface area contributed by atoms with Crippen molar-refractivity contribution in [2.45, 2.75) is 26.2 Å². The second-order valence-electron chi connectivity index (χ2n) is 5.34. The number of rotatable bonds is 6. The Bertz CT molecular complexity index is 412. The quantitative estimate of drug-likeness (QED) is 0.685. The highest BCUT2D eigenvalue weighted by atomic mass is 16.1. The summed E-state index contributed by atoms with van der Waals surface area (Å²) < 4.78 is 0. The van der Waals surface area contributed by atoms with Gasteiger partial charge in [-0.3, -0.25) is 4.79 Å². The van der Waals surface area contributed by atoms with Gasteiger partial charge in [0.1, 0.15) is 5.82 Å². The minimum atomic E-state index is 0.149. The maximum Gasteiger partial charge on any atom is 0.224 e. The fourth-order valence-electron chi connectivity index (χ4n) is 2.31. The van der Waals surface area contributed by atoms with E-state index in [-0.39, 0.29) is 11.8 Å². The summed E-state index contributed by atoms with van der Waals surface area (Å²) in [6, 6.07) is 4.01. The van der Waals surface area contributed by atoms with Crippen LogP contribution in [0.2, 0.25) is 0 Å². The number of hydrogen-bond acceptors (Lipinski definition) is 4. The van der Waals surface area contributed by atoms with Gasteiger partial charge in [-0.15, -0.1) is 0 Å². The first-order valence-corrected chi connectivity index (χ1v) is 7.40. The van der Waals surface area contributed by atoms with Crippen molar-refractivity contribution in [1.29, 1.82) is 0 Å². The molecule has 2 heterocycles. The van der Waals surface area contributed by atoms with Crippen LogP contribution < -0.4 is 16.0 Å². The van der Waals surface area contributed by atoms with Gasteiger partial charge in [-0.2, -0.15) is 0 Å². The smallest absolute Gasteiger partial charge is 0.224 e. The molecule has 1 aromatic heterocycles. The van der Waals surface area contributed by atoms with E-state index in [1.54, 1.807) is 0 Å². The van der Waals surface area contributed by atoms with Gasteiger partial charge in [0.2, 0.25) is 5.91 Å². The summed E-state index contributed by atoms with van der Waals surface area (Å²) in [6.45, 7) is 5.41. The highest BCUT2D eigenvalue weighted by Gasteiger charge is 2.19. The molecule has 2 rings (SSSR count). The fraction of sp³-hybridized carbons (Fsp3) is 0.600. The van der Waals surface area contributed by atoms with E-state index in [0.717, 1.165) is 50.3 Å². The minimum Gasteiger partial charge on any atom is -0.370 e. The SMILES string of the molecule is Cc1ccc(NCCCNC(=O)C2CCCNC2)nc1. The molecule has 1 unspecified atom stereocenters. The lowest BCUT2D eigenvalue weighted by Gasteiger charge is -2.21. The second kappa shape index (κ2) is 7.85. The third kappa shape index (κ3) is 4.81. The first-order valence-electron chi connectivity index (χ1n) is 7.40. The first-order chi connectivity index (χ1) is 9.75. The number of anilines is 1. The number of amides is 1. The number of carbonyl (C=O) groups excluding carboxylic acids is 1. The Morgan fingerprint density at radius 3 is 3.05 bits per heavy atom. The first kappa shape index (κ1) is 14.8. The molecule has 3 N–H and O–H groups in total. The lowest BCUT2D eigenvalue weighted by Crippen LogP contribution is -2.41. The van der Waals surface area contributed by atoms with Crippen molar-refractivity contribution in [1.82, 2.24) is 15.6 Å². The standard InChI is InChI=1S/C15H24N4O/c1-12-5-6-14(19-10-12)17-8-3-9-18-15(20)13-4-2-7-16-11-13/h5-6,10,13,16H,2-4,7-9,11H2,1H3,(H,17,19)(H,18,20). The third-order valence-electron chi connectivity index (χ3n) is 3.54. The molecule has 0 aromatic carbocycles. The summed E-state index contributed by atoms with van der Waals surface area (Å²) >= 11 is 0. The number of nitrogens with one attached hydrogen (secondary N) is 3. The Morgan fingerprint density at radius 2 is 2.35 bits per heavy atom. The van der Waals surface area contributed by atoms with Crippen molar-refractivity contribution in [2.24, 2.45) is 5.92 Å². The maximum atomic E-state index is 11.9. The van der Waals surface area contributed by atoms with Crippen LogP contribution in [0, 0.1) is 12.8 Å². The Morgan fingerprint density at radius 1 is 1.45 bits per heavy atom. The average molecular weight is 276 g/mol. The van der Waals surface area contributed by atoms with Crippen molar-refractivity contribution < 1.29 is 4.79 Å². The third-order valence-corrected chi connectivity index (χ3v) is 3.54. The molecule has 1 aliphatic heterocycles. The van der Waals surface area contributed by atoms with Gasteiger partial charge in [0.15, 0.2) is 0 Å². The van der Waals surface area contributed by atoms with E-state index < -0.39 is 0 Å². The molecular formula is C15H24N4O.